The van der Waals surface area contributed by atoms with Crippen molar-refractivity contribution in [1.29, 1.82) is 0 Å². The van der Waals surface area contributed by atoms with Gasteiger partial charge in [-0.1, -0.05) is 89.6 Å². The van der Waals surface area contributed by atoms with Gasteiger partial charge in [0.15, 0.2) is 0 Å². The monoisotopic (exact) mass is 396 g/mol. The maximum absolute atomic E-state index is 5.48. The van der Waals surface area contributed by atoms with Crippen LogP contribution in [0.3, 0.4) is 0 Å². The fraction of sp³-hybridized carbons (Fsp3) is 0.667. The molecule has 1 aromatic carbocycles. The average Bonchev–Trinajstić information content (AvgIpc) is 2.61. The van der Waals surface area contributed by atoms with E-state index in [-0.39, 0.29) is 0 Å². The predicted molar refractivity (Wildman–Crippen MR) is 123 cm³/mol. The zero-order chi connectivity index (χ0) is 18.5. The normalized spacial score (nSPS) is 10.9. The number of rotatable bonds is 13. The van der Waals surface area contributed by atoms with Gasteiger partial charge in [-0.2, -0.15) is 0 Å². The minimum atomic E-state index is 0.460. The number of hydrogen-bond acceptors (Lipinski definition) is 2. The second kappa shape index (κ2) is 13.9. The Morgan fingerprint density at radius 1 is 0.920 bits per heavy atom. The van der Waals surface area contributed by atoms with Crippen molar-refractivity contribution in [1.82, 2.24) is 0 Å². The molecule has 0 bridgehead atoms. The van der Waals surface area contributed by atoms with E-state index in [0.717, 1.165) is 18.5 Å². The van der Waals surface area contributed by atoms with E-state index in [2.05, 4.69) is 44.7 Å². The first-order valence-electron chi connectivity index (χ1n) is 9.92. The van der Waals surface area contributed by atoms with Gasteiger partial charge in [-0.3, -0.25) is 0 Å². The van der Waals surface area contributed by atoms with Gasteiger partial charge in [0.2, 0.25) is 0 Å². The van der Waals surface area contributed by atoms with Crippen LogP contribution in [0.1, 0.15) is 89.2 Å². The number of hydrogen-bond donors (Lipinski definition) is 1. The molecule has 4 heteroatoms. The van der Waals surface area contributed by atoms with Gasteiger partial charge in [-0.05, 0) is 42.9 Å². The van der Waals surface area contributed by atoms with Crippen LogP contribution in [-0.4, -0.2) is 4.32 Å². The van der Waals surface area contributed by atoms with Gasteiger partial charge < -0.3 is 17.1 Å². The van der Waals surface area contributed by atoms with Crippen molar-refractivity contribution < 1.29 is 0 Å². The topological polar surface area (TPSA) is 3.24 Å². The Balaban J connectivity index is 2.78. The molecular formula is C21H34NS3-. The lowest BCUT2D eigenvalue weighted by Crippen LogP contribution is -2.19. The van der Waals surface area contributed by atoms with E-state index in [1.165, 1.54) is 75.3 Å². The van der Waals surface area contributed by atoms with E-state index in [1.54, 1.807) is 4.31 Å². The lowest BCUT2D eigenvalue weighted by atomic mass is 9.95. The minimum absolute atomic E-state index is 0.460. The van der Waals surface area contributed by atoms with Crippen LogP contribution in [0.5, 0.6) is 0 Å². The average molecular weight is 397 g/mol. The van der Waals surface area contributed by atoms with Crippen LogP contribution in [0.2, 0.25) is 0 Å². The van der Waals surface area contributed by atoms with Gasteiger partial charge in [0.05, 0.1) is 0 Å². The van der Waals surface area contributed by atoms with Crippen molar-refractivity contribution >= 4 is 47.7 Å². The van der Waals surface area contributed by atoms with Crippen molar-refractivity contribution in [3.8, 4) is 0 Å². The van der Waals surface area contributed by atoms with Crippen molar-refractivity contribution in [2.24, 2.45) is 0 Å². The molecule has 0 atom stereocenters. The van der Waals surface area contributed by atoms with Gasteiger partial charge in [0.1, 0.15) is 4.32 Å². The third-order valence-corrected chi connectivity index (χ3v) is 5.73. The molecule has 0 fully saturated rings. The molecule has 1 aromatic rings. The molecule has 142 valence electrons. The molecule has 0 aromatic heterocycles. The highest BCUT2D eigenvalue weighted by Gasteiger charge is 2.10. The molecule has 0 aliphatic rings. The molecule has 1 rings (SSSR count). The molecule has 0 N–H and O–H groups in total. The summed E-state index contributed by atoms with van der Waals surface area (Å²) in [5, 5.41) is 0. The Labute approximate surface area is 171 Å². The van der Waals surface area contributed by atoms with Crippen LogP contribution in [0.4, 0.5) is 5.69 Å². The summed E-state index contributed by atoms with van der Waals surface area (Å²) in [4.78, 5) is 0. The highest BCUT2D eigenvalue weighted by Crippen LogP contribution is 2.28. The molecule has 0 heterocycles. The smallest absolute Gasteiger partial charge is 0.115 e. The summed E-state index contributed by atoms with van der Waals surface area (Å²) in [5.41, 5.74) is 3.90. The fourth-order valence-corrected chi connectivity index (χ4v) is 3.64. The molecule has 0 unspecified atom stereocenters. The predicted octanol–water partition coefficient (Wildman–Crippen LogP) is 7.20. The molecule has 1 nitrogen and oxygen atoms in total. The molecule has 0 saturated carbocycles. The largest absolute Gasteiger partial charge is 0.659 e. The van der Waals surface area contributed by atoms with E-state index in [0.29, 0.717) is 4.32 Å². The first-order chi connectivity index (χ1) is 12.1. The van der Waals surface area contributed by atoms with Crippen molar-refractivity contribution in [3.63, 3.8) is 0 Å². The number of anilines is 1. The second-order valence-corrected chi connectivity index (χ2v) is 8.30. The molecule has 0 spiro atoms. The molecule has 0 aliphatic heterocycles. The van der Waals surface area contributed by atoms with Crippen molar-refractivity contribution in [3.05, 3.63) is 29.3 Å². The van der Waals surface area contributed by atoms with Crippen LogP contribution in [-0.2, 0) is 25.7 Å². The zero-order valence-electron chi connectivity index (χ0n) is 15.9. The van der Waals surface area contributed by atoms with Crippen LogP contribution >= 0.6 is 24.8 Å². The van der Waals surface area contributed by atoms with Gasteiger partial charge in [-0.15, -0.1) is 12.6 Å². The van der Waals surface area contributed by atoms with E-state index in [9.17, 15) is 0 Å². The summed E-state index contributed by atoms with van der Waals surface area (Å²) in [5.74, 6) is 0. The minimum Gasteiger partial charge on any atom is -0.659 e. The zero-order valence-corrected chi connectivity index (χ0v) is 18.5. The second-order valence-electron chi connectivity index (χ2n) is 6.82. The number of thiocarbonyl (C=S) groups is 1. The highest BCUT2D eigenvalue weighted by molar-refractivity contribution is 8.12. The molecule has 0 aliphatic carbocycles. The van der Waals surface area contributed by atoms with Crippen LogP contribution in [0, 0.1) is 0 Å². The number of nitrogens with zero attached hydrogens (tertiary/aromatic N) is 1. The van der Waals surface area contributed by atoms with Gasteiger partial charge >= 0.3 is 0 Å². The van der Waals surface area contributed by atoms with Gasteiger partial charge in [0, 0.05) is 5.69 Å². The molecule has 0 radical (unpaired) electrons. The number of benzene rings is 1. The molecule has 0 saturated heterocycles. The summed E-state index contributed by atoms with van der Waals surface area (Å²) < 4.78 is 2.10. The Kier molecular flexibility index (Phi) is 12.7. The van der Waals surface area contributed by atoms with Crippen LogP contribution in [0.25, 0.3) is 0 Å². The van der Waals surface area contributed by atoms with Gasteiger partial charge in [0.25, 0.3) is 0 Å². The van der Waals surface area contributed by atoms with Crippen molar-refractivity contribution in [2.45, 2.75) is 90.9 Å². The number of unbranched alkanes of at least 4 members (excludes halogenated alkanes) is 8. The third kappa shape index (κ3) is 8.83. The Morgan fingerprint density at radius 3 is 2.04 bits per heavy atom. The molecular weight excluding hydrogens is 362 g/mol. The van der Waals surface area contributed by atoms with Crippen LogP contribution < -0.4 is 4.31 Å². The van der Waals surface area contributed by atoms with E-state index in [4.69, 9.17) is 25.0 Å². The summed E-state index contributed by atoms with van der Waals surface area (Å²) in [7, 11) is 0. The van der Waals surface area contributed by atoms with E-state index in [1.807, 2.05) is 0 Å². The van der Waals surface area contributed by atoms with Crippen molar-refractivity contribution in [2.75, 3.05) is 4.31 Å². The van der Waals surface area contributed by atoms with E-state index < -0.39 is 0 Å². The highest BCUT2D eigenvalue weighted by atomic mass is 32.1. The Hall–Kier alpha value is -0.190. The third-order valence-electron chi connectivity index (χ3n) is 4.72. The first kappa shape index (κ1) is 22.9. The Bertz CT molecular complexity index is 502. The lowest BCUT2D eigenvalue weighted by molar-refractivity contribution is 0.621. The summed E-state index contributed by atoms with van der Waals surface area (Å²) in [6.45, 7) is 4.52. The fourth-order valence-electron chi connectivity index (χ4n) is 3.26. The summed E-state index contributed by atoms with van der Waals surface area (Å²) >= 11 is 15.0. The maximum Gasteiger partial charge on any atom is 0.115 e. The lowest BCUT2D eigenvalue weighted by Gasteiger charge is -2.33. The standard InChI is InChI=1S/C21H34NS3/c1-3-5-7-9-11-14-18-15-13-17-20(22(25)21(23)24)19(18)16-12-10-8-6-4-2/h13,15,17H,3-12,14,16H2,1-2H3,(H,23,24)/q-1. The SMILES string of the molecule is CCCCCCCc1cccc(N([S-])C(=S)S)c1CCCCCCC. The summed E-state index contributed by atoms with van der Waals surface area (Å²) in [6.07, 6.45) is 15.3. The van der Waals surface area contributed by atoms with Gasteiger partial charge in [-0.25, -0.2) is 0 Å². The molecule has 0 amide bonds. The number of aryl methyl sites for hydroxylation is 1. The first-order valence-corrected chi connectivity index (χ1v) is 11.1. The van der Waals surface area contributed by atoms with Crippen LogP contribution in [0.15, 0.2) is 18.2 Å². The molecule has 25 heavy (non-hydrogen) atoms. The quantitative estimate of drug-likeness (QED) is 0.163. The summed E-state index contributed by atoms with van der Waals surface area (Å²) in [6, 6.07) is 6.48. The maximum atomic E-state index is 5.48. The van der Waals surface area contributed by atoms with E-state index >= 15 is 0 Å². The number of thiol groups is 1. The Morgan fingerprint density at radius 2 is 1.48 bits per heavy atom.